The van der Waals surface area contributed by atoms with Gasteiger partial charge in [0.05, 0.1) is 0 Å². The zero-order valence-electron chi connectivity index (χ0n) is 14.3. The molecule has 3 rings (SSSR count). The fraction of sp³-hybridized carbons (Fsp3) is 0.579. The lowest BCUT2D eigenvalue weighted by Crippen LogP contribution is -2.50. The van der Waals surface area contributed by atoms with Gasteiger partial charge in [-0.3, -0.25) is 4.79 Å². The number of rotatable bonds is 3. The van der Waals surface area contributed by atoms with Gasteiger partial charge in [0, 0.05) is 43.5 Å². The quantitative estimate of drug-likeness (QED) is 0.920. The molecule has 1 saturated heterocycles. The minimum atomic E-state index is -0.278. The molecule has 24 heavy (non-hydrogen) atoms. The highest BCUT2D eigenvalue weighted by Crippen LogP contribution is 2.28. The van der Waals surface area contributed by atoms with Crippen molar-refractivity contribution in [3.05, 3.63) is 30.1 Å². The van der Waals surface area contributed by atoms with Crippen molar-refractivity contribution in [2.75, 3.05) is 18.0 Å². The molecule has 130 valence electrons. The second-order valence-corrected chi connectivity index (χ2v) is 6.97. The van der Waals surface area contributed by atoms with Gasteiger partial charge in [-0.1, -0.05) is 0 Å². The number of piperidine rings is 1. The summed E-state index contributed by atoms with van der Waals surface area (Å²) < 4.78 is 13.2. The SMILES string of the molecule is CC(=O)N(c1ccc(F)cc1)C1CCN(C2CCC(=N)CC2)CC1. The number of benzene rings is 1. The highest BCUT2D eigenvalue weighted by atomic mass is 19.1. The van der Waals surface area contributed by atoms with Crippen LogP contribution in [0.1, 0.15) is 45.4 Å². The van der Waals surface area contributed by atoms with Crippen LogP contribution in [-0.2, 0) is 4.79 Å². The Bertz CT molecular complexity index is 583. The summed E-state index contributed by atoms with van der Waals surface area (Å²) in [7, 11) is 0. The second kappa shape index (κ2) is 7.43. The number of carbonyl (C=O) groups excluding carboxylic acids is 1. The summed E-state index contributed by atoms with van der Waals surface area (Å²) in [6, 6.07) is 6.99. The molecule has 1 amide bonds. The summed E-state index contributed by atoms with van der Waals surface area (Å²) in [5.41, 5.74) is 1.67. The lowest BCUT2D eigenvalue weighted by atomic mass is 9.90. The van der Waals surface area contributed by atoms with Crippen molar-refractivity contribution in [3.8, 4) is 0 Å². The van der Waals surface area contributed by atoms with Gasteiger partial charge >= 0.3 is 0 Å². The van der Waals surface area contributed by atoms with Crippen molar-refractivity contribution in [2.24, 2.45) is 0 Å². The van der Waals surface area contributed by atoms with Crippen LogP contribution in [0.5, 0.6) is 0 Å². The molecule has 0 bridgehead atoms. The molecular weight excluding hydrogens is 305 g/mol. The van der Waals surface area contributed by atoms with E-state index in [4.69, 9.17) is 5.41 Å². The van der Waals surface area contributed by atoms with E-state index < -0.39 is 0 Å². The van der Waals surface area contributed by atoms with E-state index in [1.807, 2.05) is 4.90 Å². The predicted molar refractivity (Wildman–Crippen MR) is 94.1 cm³/mol. The van der Waals surface area contributed by atoms with Crippen molar-refractivity contribution in [1.29, 1.82) is 5.41 Å². The molecule has 0 atom stereocenters. The Balaban J connectivity index is 1.62. The Labute approximate surface area is 143 Å². The normalized spacial score (nSPS) is 23.2. The smallest absolute Gasteiger partial charge is 0.224 e. The molecule has 1 aliphatic carbocycles. The van der Waals surface area contributed by atoms with E-state index in [1.54, 1.807) is 19.1 Å². The lowest BCUT2D eigenvalue weighted by Gasteiger charge is -2.42. The standard InChI is InChI=1S/C19H26FN3O/c1-14(24)23(18-6-2-15(20)3-7-18)19-10-12-22(13-11-19)17-8-4-16(21)5-9-17/h2-3,6-7,17,19,21H,4-5,8-13H2,1H3. The van der Waals surface area contributed by atoms with Gasteiger partial charge in [0.25, 0.3) is 0 Å². The Morgan fingerprint density at radius 1 is 1.12 bits per heavy atom. The lowest BCUT2D eigenvalue weighted by molar-refractivity contribution is -0.117. The van der Waals surface area contributed by atoms with E-state index in [1.165, 1.54) is 12.1 Å². The van der Waals surface area contributed by atoms with Crippen LogP contribution in [0.2, 0.25) is 0 Å². The van der Waals surface area contributed by atoms with Crippen LogP contribution < -0.4 is 4.90 Å². The van der Waals surface area contributed by atoms with E-state index in [9.17, 15) is 9.18 Å². The summed E-state index contributed by atoms with van der Waals surface area (Å²) in [5.74, 6) is -0.258. The Morgan fingerprint density at radius 2 is 1.71 bits per heavy atom. The third kappa shape index (κ3) is 3.83. The first-order valence-electron chi connectivity index (χ1n) is 8.90. The molecule has 1 heterocycles. The molecule has 2 fully saturated rings. The topological polar surface area (TPSA) is 47.4 Å². The molecular formula is C19H26FN3O. The molecule has 0 spiro atoms. The molecule has 1 N–H and O–H groups in total. The van der Waals surface area contributed by atoms with Crippen LogP contribution in [0.25, 0.3) is 0 Å². The molecule has 1 aliphatic heterocycles. The Hall–Kier alpha value is -1.75. The van der Waals surface area contributed by atoms with E-state index in [0.717, 1.165) is 63.0 Å². The van der Waals surface area contributed by atoms with Crippen molar-refractivity contribution in [3.63, 3.8) is 0 Å². The fourth-order valence-corrected chi connectivity index (χ4v) is 4.08. The average Bonchev–Trinajstić information content (AvgIpc) is 2.58. The van der Waals surface area contributed by atoms with E-state index >= 15 is 0 Å². The maximum Gasteiger partial charge on any atom is 0.224 e. The maximum absolute atomic E-state index is 13.2. The summed E-state index contributed by atoms with van der Waals surface area (Å²) in [6.07, 6.45) is 5.95. The van der Waals surface area contributed by atoms with Gasteiger partial charge < -0.3 is 15.2 Å². The van der Waals surface area contributed by atoms with Crippen LogP contribution in [0.3, 0.4) is 0 Å². The predicted octanol–water partition coefficient (Wildman–Crippen LogP) is 3.61. The summed E-state index contributed by atoms with van der Waals surface area (Å²) in [5, 5.41) is 7.75. The number of anilines is 1. The van der Waals surface area contributed by atoms with Gasteiger partial charge in [0.15, 0.2) is 0 Å². The Morgan fingerprint density at radius 3 is 2.25 bits per heavy atom. The van der Waals surface area contributed by atoms with Crippen molar-refractivity contribution >= 4 is 17.3 Å². The minimum absolute atomic E-state index is 0.0196. The molecule has 0 unspecified atom stereocenters. The molecule has 2 aliphatic rings. The number of amides is 1. The third-order valence-electron chi connectivity index (χ3n) is 5.38. The first-order valence-corrected chi connectivity index (χ1v) is 8.90. The van der Waals surface area contributed by atoms with Gasteiger partial charge in [-0.25, -0.2) is 4.39 Å². The number of halogens is 1. The maximum atomic E-state index is 13.2. The van der Waals surface area contributed by atoms with Crippen LogP contribution in [-0.4, -0.2) is 41.7 Å². The molecule has 1 aromatic rings. The van der Waals surface area contributed by atoms with Gasteiger partial charge in [-0.2, -0.15) is 0 Å². The zero-order chi connectivity index (χ0) is 17.1. The van der Waals surface area contributed by atoms with Crippen LogP contribution in [0, 0.1) is 11.2 Å². The van der Waals surface area contributed by atoms with Crippen molar-refractivity contribution in [1.82, 2.24) is 4.90 Å². The van der Waals surface area contributed by atoms with Gasteiger partial charge in [-0.05, 0) is 62.8 Å². The highest BCUT2D eigenvalue weighted by molar-refractivity contribution is 5.92. The number of likely N-dealkylation sites (tertiary alicyclic amines) is 1. The van der Waals surface area contributed by atoms with E-state index in [-0.39, 0.29) is 17.8 Å². The molecule has 1 saturated carbocycles. The molecule has 0 aromatic heterocycles. The molecule has 5 heteroatoms. The number of nitrogens with one attached hydrogen (secondary N) is 1. The van der Waals surface area contributed by atoms with E-state index in [0.29, 0.717) is 6.04 Å². The molecule has 4 nitrogen and oxygen atoms in total. The average molecular weight is 331 g/mol. The number of nitrogens with zero attached hydrogens (tertiary/aromatic N) is 2. The molecule has 0 radical (unpaired) electrons. The third-order valence-corrected chi connectivity index (χ3v) is 5.38. The summed E-state index contributed by atoms with van der Waals surface area (Å²) >= 11 is 0. The summed E-state index contributed by atoms with van der Waals surface area (Å²) in [6.45, 7) is 3.57. The van der Waals surface area contributed by atoms with Crippen LogP contribution >= 0.6 is 0 Å². The first-order chi connectivity index (χ1) is 11.5. The largest absolute Gasteiger partial charge is 0.310 e. The molecule has 1 aromatic carbocycles. The first kappa shape index (κ1) is 17.1. The number of hydrogen-bond donors (Lipinski definition) is 1. The highest BCUT2D eigenvalue weighted by Gasteiger charge is 2.31. The Kier molecular flexibility index (Phi) is 5.29. The van der Waals surface area contributed by atoms with Gasteiger partial charge in [0.1, 0.15) is 5.82 Å². The van der Waals surface area contributed by atoms with Crippen molar-refractivity contribution in [2.45, 2.75) is 57.5 Å². The van der Waals surface area contributed by atoms with E-state index in [2.05, 4.69) is 4.90 Å². The van der Waals surface area contributed by atoms with Gasteiger partial charge in [-0.15, -0.1) is 0 Å². The number of carbonyl (C=O) groups is 1. The monoisotopic (exact) mass is 331 g/mol. The summed E-state index contributed by atoms with van der Waals surface area (Å²) in [4.78, 5) is 16.5. The second-order valence-electron chi connectivity index (χ2n) is 6.97. The van der Waals surface area contributed by atoms with Crippen LogP contribution in [0.15, 0.2) is 24.3 Å². The van der Waals surface area contributed by atoms with Crippen LogP contribution in [0.4, 0.5) is 10.1 Å². The zero-order valence-corrected chi connectivity index (χ0v) is 14.3. The van der Waals surface area contributed by atoms with Crippen molar-refractivity contribution < 1.29 is 9.18 Å². The number of hydrogen-bond acceptors (Lipinski definition) is 3. The minimum Gasteiger partial charge on any atom is -0.310 e. The fourth-order valence-electron chi connectivity index (χ4n) is 4.08. The van der Waals surface area contributed by atoms with Gasteiger partial charge in [0.2, 0.25) is 5.91 Å².